The summed E-state index contributed by atoms with van der Waals surface area (Å²) in [7, 11) is 1.08. The molecule has 2 aromatic rings. The largest absolute Gasteiger partial charge is 0.450 e. The highest BCUT2D eigenvalue weighted by Gasteiger charge is 2.54. The van der Waals surface area contributed by atoms with Crippen LogP contribution in [0.5, 0.6) is 11.5 Å². The summed E-state index contributed by atoms with van der Waals surface area (Å²) in [6, 6.07) is 7.63. The molecule has 186 valence electrons. The highest BCUT2D eigenvalue weighted by Crippen LogP contribution is 2.48. The van der Waals surface area contributed by atoms with E-state index in [1.165, 1.54) is 0 Å². The van der Waals surface area contributed by atoms with Crippen molar-refractivity contribution in [3.05, 3.63) is 58.0 Å². The van der Waals surface area contributed by atoms with Crippen molar-refractivity contribution in [1.29, 1.82) is 0 Å². The van der Waals surface area contributed by atoms with Gasteiger partial charge in [0.25, 0.3) is 5.69 Å². The van der Waals surface area contributed by atoms with Gasteiger partial charge in [-0.05, 0) is 81.8 Å². The third-order valence-electron chi connectivity index (χ3n) is 6.46. The molecule has 1 aliphatic heterocycles. The Morgan fingerprint density at radius 1 is 0.943 bits per heavy atom. The van der Waals surface area contributed by atoms with Crippen molar-refractivity contribution in [2.75, 3.05) is 7.05 Å². The number of benzene rings is 2. The van der Waals surface area contributed by atoms with Crippen LogP contribution in [0.25, 0.3) is 0 Å². The Bertz CT molecular complexity index is 1200. The highest BCUT2D eigenvalue weighted by molar-refractivity contribution is 6.15. The number of hydrogen-bond acceptors (Lipinski definition) is 5. The van der Waals surface area contributed by atoms with Crippen LogP contribution in [0.2, 0.25) is 0 Å². The lowest BCUT2D eigenvalue weighted by Gasteiger charge is -2.43. The normalized spacial score (nSPS) is 20.1. The van der Waals surface area contributed by atoms with E-state index < -0.39 is 28.9 Å². The van der Waals surface area contributed by atoms with E-state index in [1.807, 2.05) is 0 Å². The summed E-state index contributed by atoms with van der Waals surface area (Å²) in [5.41, 5.74) is -2.28. The Morgan fingerprint density at radius 3 is 2.06 bits per heavy atom. The van der Waals surface area contributed by atoms with Crippen molar-refractivity contribution in [3.8, 4) is 11.5 Å². The topological polar surface area (TPSA) is 72.7 Å². The van der Waals surface area contributed by atoms with Gasteiger partial charge >= 0.3 is 6.18 Å². The maximum atomic E-state index is 13.3. The molecule has 0 atom stereocenters. The van der Waals surface area contributed by atoms with E-state index in [2.05, 4.69) is 0 Å². The van der Waals surface area contributed by atoms with E-state index >= 15 is 0 Å². The van der Waals surface area contributed by atoms with Gasteiger partial charge in [-0.2, -0.15) is 13.2 Å². The van der Waals surface area contributed by atoms with Crippen molar-refractivity contribution >= 4 is 17.3 Å². The van der Waals surface area contributed by atoms with Gasteiger partial charge in [-0.15, -0.1) is 0 Å². The van der Waals surface area contributed by atoms with Crippen LogP contribution in [0.15, 0.2) is 36.4 Å². The summed E-state index contributed by atoms with van der Waals surface area (Å²) >= 11 is 0. The van der Waals surface area contributed by atoms with Gasteiger partial charge in [0.1, 0.15) is 22.9 Å². The van der Waals surface area contributed by atoms with Crippen LogP contribution >= 0.6 is 0 Å². The molecule has 1 heterocycles. The fourth-order valence-electron chi connectivity index (χ4n) is 4.62. The molecule has 6 nitrogen and oxygen atoms in total. The summed E-state index contributed by atoms with van der Waals surface area (Å²) < 4.78 is 51.3. The van der Waals surface area contributed by atoms with Gasteiger partial charge in [0.05, 0.1) is 5.56 Å². The van der Waals surface area contributed by atoms with Gasteiger partial charge in [-0.25, -0.2) is 0 Å². The fraction of sp³-hybridized carbons (Fsp3) is 0.462. The molecule has 2 aromatic carbocycles. The maximum absolute atomic E-state index is 13.3. The average Bonchev–Trinajstić information content (AvgIpc) is 3.57. The third kappa shape index (κ3) is 4.74. The van der Waals surface area contributed by atoms with Gasteiger partial charge in [-0.1, -0.05) is 6.07 Å². The summed E-state index contributed by atoms with van der Waals surface area (Å²) in [4.78, 5) is 38.7. The Morgan fingerprint density at radius 2 is 1.54 bits per heavy atom. The second-order valence-corrected chi connectivity index (χ2v) is 10.1. The third-order valence-corrected chi connectivity index (χ3v) is 6.46. The van der Waals surface area contributed by atoms with Crippen LogP contribution in [0.1, 0.15) is 69.1 Å². The smallest absolute Gasteiger partial charge is 0.416 e. The molecule has 0 spiro atoms. The van der Waals surface area contributed by atoms with E-state index in [0.29, 0.717) is 10.3 Å². The minimum Gasteiger partial charge on any atom is -0.450 e. The number of halogens is 3. The van der Waals surface area contributed by atoms with E-state index in [-0.39, 0.29) is 34.7 Å². The molecule has 1 aliphatic carbocycles. The van der Waals surface area contributed by atoms with Crippen LogP contribution in [0, 0.1) is 4.91 Å². The molecular formula is C26H27F3NO5+. The highest BCUT2D eigenvalue weighted by atomic mass is 19.4. The number of hydrogen-bond donors (Lipinski definition) is 0. The summed E-state index contributed by atoms with van der Waals surface area (Å²) in [5, 5.41) is 0. The van der Waals surface area contributed by atoms with E-state index in [1.54, 1.807) is 45.9 Å². The lowest BCUT2D eigenvalue weighted by molar-refractivity contribution is -0.429. The van der Waals surface area contributed by atoms with Crippen LogP contribution < -0.4 is 4.74 Å². The number of alkyl halides is 3. The lowest BCUT2D eigenvalue weighted by Crippen LogP contribution is -2.58. The Hall–Kier alpha value is -3.07. The molecule has 0 amide bonds. The molecule has 2 fully saturated rings. The zero-order valence-electron chi connectivity index (χ0n) is 20.2. The zero-order valence-corrected chi connectivity index (χ0v) is 20.2. The van der Waals surface area contributed by atoms with Gasteiger partial charge in [0.15, 0.2) is 18.6 Å². The number of ketones is 2. The summed E-state index contributed by atoms with van der Waals surface area (Å²) in [6.07, 6.45) is -2.77. The standard InChI is InChI=1S/C26H27F3NO5/c1-24(2)22(31)21(23(32)25(3,4)35-24)18-13-16(9-10-17(18)14-6-7-14)34-20-11-8-15(26(27,28)29)12-19(20)30(5)33/h8-14,21H,6-7H2,1-5H3/q+1. The number of carbonyl (C=O) groups is 2. The van der Waals surface area contributed by atoms with Crippen LogP contribution in [0.4, 0.5) is 18.9 Å². The Labute approximate surface area is 201 Å². The Balaban J connectivity index is 1.78. The molecule has 0 radical (unpaired) electrons. The first-order valence-corrected chi connectivity index (χ1v) is 11.3. The first-order valence-electron chi connectivity index (χ1n) is 11.3. The molecule has 1 saturated carbocycles. The molecule has 1 saturated heterocycles. The molecule has 2 aliphatic rings. The monoisotopic (exact) mass is 490 g/mol. The first-order chi connectivity index (χ1) is 16.1. The number of carbonyl (C=O) groups excluding carboxylic acids is 2. The van der Waals surface area contributed by atoms with E-state index in [0.717, 1.165) is 43.7 Å². The molecule has 0 unspecified atom stereocenters. The Kier molecular flexibility index (Phi) is 5.91. The zero-order chi connectivity index (χ0) is 25.9. The van der Waals surface area contributed by atoms with Crippen LogP contribution in [-0.2, 0) is 20.5 Å². The van der Waals surface area contributed by atoms with Crippen LogP contribution in [-0.4, -0.2) is 34.6 Å². The van der Waals surface area contributed by atoms with Crippen molar-refractivity contribution in [1.82, 2.24) is 0 Å². The minimum absolute atomic E-state index is 0.0779. The molecule has 0 bridgehead atoms. The average molecular weight is 490 g/mol. The molecule has 4 rings (SSSR count). The summed E-state index contributed by atoms with van der Waals surface area (Å²) in [5.74, 6) is -1.46. The number of nitrogens with zero attached hydrogens (tertiary/aromatic N) is 1. The lowest BCUT2D eigenvalue weighted by atomic mass is 9.73. The van der Waals surface area contributed by atoms with Gasteiger partial charge < -0.3 is 9.47 Å². The first kappa shape index (κ1) is 25.0. The predicted octanol–water partition coefficient (Wildman–Crippen LogP) is 6.22. The molecular weight excluding hydrogens is 463 g/mol. The number of rotatable bonds is 5. The van der Waals surface area contributed by atoms with Crippen LogP contribution in [0.3, 0.4) is 0 Å². The second-order valence-electron chi connectivity index (χ2n) is 10.1. The fourth-order valence-corrected chi connectivity index (χ4v) is 4.62. The number of Topliss-reactive ketones (excluding diaryl/α,β-unsaturated/α-hetero) is 2. The van der Waals surface area contributed by atoms with E-state index in [9.17, 15) is 27.7 Å². The van der Waals surface area contributed by atoms with Crippen molar-refractivity contribution < 1.29 is 37.0 Å². The SMILES string of the molecule is C[N+](=O)c1cc(C(F)(F)F)ccc1Oc1ccc(C2CC2)c(C2C(=O)C(C)(C)OC(C)(C)C2=O)c1. The number of nitroso groups, excluding NO2 is 1. The molecule has 0 aromatic heterocycles. The van der Waals surface area contributed by atoms with Gasteiger partial charge in [0, 0.05) is 15.7 Å². The quantitative estimate of drug-likeness (QED) is 0.367. The summed E-state index contributed by atoms with van der Waals surface area (Å²) in [6.45, 7) is 6.52. The van der Waals surface area contributed by atoms with Gasteiger partial charge in [-0.3, -0.25) is 9.59 Å². The molecule has 0 N–H and O–H groups in total. The van der Waals surface area contributed by atoms with Crippen molar-refractivity contribution in [2.45, 2.75) is 69.8 Å². The maximum Gasteiger partial charge on any atom is 0.416 e. The molecule has 9 heteroatoms. The van der Waals surface area contributed by atoms with Gasteiger partial charge in [0.2, 0.25) is 5.75 Å². The van der Waals surface area contributed by atoms with E-state index in [4.69, 9.17) is 9.47 Å². The van der Waals surface area contributed by atoms with Crippen molar-refractivity contribution in [2.24, 2.45) is 0 Å². The predicted molar refractivity (Wildman–Crippen MR) is 121 cm³/mol. The number of ether oxygens (including phenoxy) is 2. The molecule has 35 heavy (non-hydrogen) atoms. The second kappa shape index (κ2) is 8.26. The minimum atomic E-state index is -4.62. The van der Waals surface area contributed by atoms with Crippen molar-refractivity contribution in [3.63, 3.8) is 0 Å².